The van der Waals surface area contributed by atoms with Gasteiger partial charge in [-0.25, -0.2) is 4.98 Å². The van der Waals surface area contributed by atoms with Crippen LogP contribution in [0.2, 0.25) is 10.3 Å². The molecule has 98 valence electrons. The Balaban J connectivity index is 2.07. The summed E-state index contributed by atoms with van der Waals surface area (Å²) in [4.78, 5) is 17.8. The molecule has 0 spiro atoms. The Morgan fingerprint density at radius 3 is 2.39 bits per heavy atom. The number of carbonyl (C=O) groups is 1. The van der Waals surface area contributed by atoms with Gasteiger partial charge in [-0.1, -0.05) is 23.2 Å². The fraction of sp³-hybridized carbons (Fsp3) is 0.500. The fourth-order valence-electron chi connectivity index (χ4n) is 2.09. The third-order valence-electron chi connectivity index (χ3n) is 3.17. The molecule has 1 saturated heterocycles. The van der Waals surface area contributed by atoms with Gasteiger partial charge >= 0.3 is 0 Å². The summed E-state index contributed by atoms with van der Waals surface area (Å²) >= 11 is 11.6. The zero-order chi connectivity index (χ0) is 13.1. The van der Waals surface area contributed by atoms with Crippen molar-refractivity contribution in [1.29, 1.82) is 0 Å². The van der Waals surface area contributed by atoms with Crippen LogP contribution in [0.3, 0.4) is 0 Å². The molecular formula is C12H14Cl2N2O2. The van der Waals surface area contributed by atoms with Crippen molar-refractivity contribution in [2.75, 3.05) is 19.7 Å². The quantitative estimate of drug-likeness (QED) is 0.849. The largest absolute Gasteiger partial charge is 0.396 e. The van der Waals surface area contributed by atoms with Crippen molar-refractivity contribution in [3.63, 3.8) is 0 Å². The van der Waals surface area contributed by atoms with Crippen LogP contribution in [0.1, 0.15) is 23.2 Å². The van der Waals surface area contributed by atoms with Crippen LogP contribution < -0.4 is 0 Å². The summed E-state index contributed by atoms with van der Waals surface area (Å²) in [7, 11) is 0. The second kappa shape index (κ2) is 5.87. The van der Waals surface area contributed by atoms with Gasteiger partial charge in [0, 0.05) is 25.3 Å². The number of amides is 1. The lowest BCUT2D eigenvalue weighted by molar-refractivity contribution is 0.0651. The average Bonchev–Trinajstić information content (AvgIpc) is 2.37. The first-order valence-corrected chi connectivity index (χ1v) is 6.59. The van der Waals surface area contributed by atoms with E-state index < -0.39 is 0 Å². The third kappa shape index (κ3) is 3.13. The smallest absolute Gasteiger partial charge is 0.254 e. The highest BCUT2D eigenvalue weighted by molar-refractivity contribution is 6.33. The minimum Gasteiger partial charge on any atom is -0.396 e. The highest BCUT2D eigenvalue weighted by Gasteiger charge is 2.23. The van der Waals surface area contributed by atoms with Gasteiger partial charge in [-0.15, -0.1) is 0 Å². The molecule has 0 atom stereocenters. The molecule has 0 radical (unpaired) electrons. The zero-order valence-electron chi connectivity index (χ0n) is 9.77. The molecule has 4 nitrogen and oxygen atoms in total. The van der Waals surface area contributed by atoms with Gasteiger partial charge < -0.3 is 10.0 Å². The number of rotatable bonds is 2. The molecule has 0 unspecified atom stereocenters. The highest BCUT2D eigenvalue weighted by Crippen LogP contribution is 2.21. The molecule has 1 amide bonds. The number of aliphatic hydroxyl groups excluding tert-OH is 1. The molecule has 1 aliphatic rings. The van der Waals surface area contributed by atoms with E-state index in [0.29, 0.717) is 24.6 Å². The van der Waals surface area contributed by atoms with E-state index in [2.05, 4.69) is 4.98 Å². The van der Waals surface area contributed by atoms with Crippen LogP contribution in [0.15, 0.2) is 12.1 Å². The van der Waals surface area contributed by atoms with E-state index in [1.165, 1.54) is 12.1 Å². The standard InChI is InChI=1S/C12H14Cl2N2O2/c13-10-5-9(6-11(14)15-10)12(18)16-3-1-8(7-17)2-4-16/h5-6,8,17H,1-4,7H2. The molecule has 6 heteroatoms. The van der Waals surface area contributed by atoms with E-state index in [1.807, 2.05) is 0 Å². The van der Waals surface area contributed by atoms with Crippen molar-refractivity contribution in [2.45, 2.75) is 12.8 Å². The molecule has 0 saturated carbocycles. The molecule has 1 fully saturated rings. The van der Waals surface area contributed by atoms with Crippen LogP contribution in [0.25, 0.3) is 0 Å². The SMILES string of the molecule is O=C(c1cc(Cl)nc(Cl)c1)N1CCC(CO)CC1. The maximum Gasteiger partial charge on any atom is 0.254 e. The third-order valence-corrected chi connectivity index (χ3v) is 3.56. The minimum absolute atomic E-state index is 0.0856. The van der Waals surface area contributed by atoms with Crippen LogP contribution in [0.5, 0.6) is 0 Å². The number of aromatic nitrogens is 1. The first-order chi connectivity index (χ1) is 8.60. The Morgan fingerprint density at radius 1 is 1.33 bits per heavy atom. The molecule has 18 heavy (non-hydrogen) atoms. The van der Waals surface area contributed by atoms with Gasteiger partial charge in [-0.3, -0.25) is 4.79 Å². The second-order valence-electron chi connectivity index (χ2n) is 4.42. The lowest BCUT2D eigenvalue weighted by Crippen LogP contribution is -2.39. The molecule has 0 bridgehead atoms. The Morgan fingerprint density at radius 2 is 1.89 bits per heavy atom. The zero-order valence-corrected chi connectivity index (χ0v) is 11.3. The predicted octanol–water partition coefficient (Wildman–Crippen LogP) is 2.23. The van der Waals surface area contributed by atoms with Crippen molar-refractivity contribution < 1.29 is 9.90 Å². The summed E-state index contributed by atoms with van der Waals surface area (Å²) < 4.78 is 0. The van der Waals surface area contributed by atoms with Gasteiger partial charge in [0.05, 0.1) is 0 Å². The summed E-state index contributed by atoms with van der Waals surface area (Å²) in [5, 5.41) is 9.50. The Hall–Kier alpha value is -0.840. The molecule has 0 aliphatic carbocycles. The molecule has 1 N–H and O–H groups in total. The van der Waals surface area contributed by atoms with Crippen molar-refractivity contribution in [2.24, 2.45) is 5.92 Å². The topological polar surface area (TPSA) is 53.4 Å². The van der Waals surface area contributed by atoms with Crippen molar-refractivity contribution in [1.82, 2.24) is 9.88 Å². The van der Waals surface area contributed by atoms with Crippen LogP contribution in [-0.4, -0.2) is 40.6 Å². The molecule has 1 aliphatic heterocycles. The maximum atomic E-state index is 12.2. The Bertz CT molecular complexity index is 425. The van der Waals surface area contributed by atoms with Crippen molar-refractivity contribution >= 4 is 29.1 Å². The number of carbonyl (C=O) groups excluding carboxylic acids is 1. The number of pyridine rings is 1. The van der Waals surface area contributed by atoms with Crippen LogP contribution in [-0.2, 0) is 0 Å². The van der Waals surface area contributed by atoms with Gasteiger partial charge in [0.15, 0.2) is 0 Å². The van der Waals surface area contributed by atoms with Crippen LogP contribution in [0.4, 0.5) is 0 Å². The summed E-state index contributed by atoms with van der Waals surface area (Å²) in [5.41, 5.74) is 0.461. The molecule has 1 aromatic rings. The summed E-state index contributed by atoms with van der Waals surface area (Å²) in [6, 6.07) is 3.04. The predicted molar refractivity (Wildman–Crippen MR) is 70.0 cm³/mol. The first kappa shape index (κ1) is 13.6. The number of nitrogens with zero attached hydrogens (tertiary/aromatic N) is 2. The Labute approximate surface area is 116 Å². The van der Waals surface area contributed by atoms with Crippen molar-refractivity contribution in [3.05, 3.63) is 28.0 Å². The number of hydrogen-bond donors (Lipinski definition) is 1. The fourth-order valence-corrected chi connectivity index (χ4v) is 2.55. The van der Waals surface area contributed by atoms with Crippen molar-refractivity contribution in [3.8, 4) is 0 Å². The molecule has 2 heterocycles. The normalized spacial score (nSPS) is 16.9. The summed E-state index contributed by atoms with van der Waals surface area (Å²) in [5.74, 6) is 0.219. The monoisotopic (exact) mass is 288 g/mol. The number of likely N-dealkylation sites (tertiary alicyclic amines) is 1. The lowest BCUT2D eigenvalue weighted by Gasteiger charge is -2.31. The molecule has 2 rings (SSSR count). The second-order valence-corrected chi connectivity index (χ2v) is 5.19. The molecular weight excluding hydrogens is 275 g/mol. The van der Waals surface area contributed by atoms with E-state index >= 15 is 0 Å². The van der Waals surface area contributed by atoms with E-state index in [0.717, 1.165) is 12.8 Å². The van der Waals surface area contributed by atoms with E-state index in [1.54, 1.807) is 4.90 Å². The summed E-state index contributed by atoms with van der Waals surface area (Å²) in [6.45, 7) is 1.50. The highest BCUT2D eigenvalue weighted by atomic mass is 35.5. The van der Waals surface area contributed by atoms with Gasteiger partial charge in [-0.2, -0.15) is 0 Å². The van der Waals surface area contributed by atoms with E-state index in [4.69, 9.17) is 28.3 Å². The van der Waals surface area contributed by atoms with Crippen LogP contribution >= 0.6 is 23.2 Å². The Kier molecular flexibility index (Phi) is 4.43. The lowest BCUT2D eigenvalue weighted by atomic mass is 9.97. The van der Waals surface area contributed by atoms with E-state index in [-0.39, 0.29) is 22.8 Å². The number of aliphatic hydroxyl groups is 1. The summed E-state index contributed by atoms with van der Waals surface area (Å²) in [6.07, 6.45) is 1.66. The maximum absolute atomic E-state index is 12.2. The molecule has 1 aromatic heterocycles. The van der Waals surface area contributed by atoms with Gasteiger partial charge in [-0.05, 0) is 30.9 Å². The average molecular weight is 289 g/mol. The van der Waals surface area contributed by atoms with Gasteiger partial charge in [0.2, 0.25) is 0 Å². The van der Waals surface area contributed by atoms with Gasteiger partial charge in [0.25, 0.3) is 5.91 Å². The number of hydrogen-bond acceptors (Lipinski definition) is 3. The van der Waals surface area contributed by atoms with Gasteiger partial charge in [0.1, 0.15) is 10.3 Å². The number of halogens is 2. The van der Waals surface area contributed by atoms with E-state index in [9.17, 15) is 4.79 Å². The first-order valence-electron chi connectivity index (χ1n) is 5.83. The minimum atomic E-state index is -0.0856. The van der Waals surface area contributed by atoms with Crippen LogP contribution in [0, 0.1) is 5.92 Å². The number of piperidine rings is 1. The molecule has 0 aromatic carbocycles.